The van der Waals surface area contributed by atoms with Gasteiger partial charge in [0.15, 0.2) is 0 Å². The molecule has 0 radical (unpaired) electrons. The zero-order valence-corrected chi connectivity index (χ0v) is 12.9. The number of nitrogens with one attached hydrogen (secondary N) is 2. The molecule has 1 rings (SSSR count). The number of rotatable bonds is 4. The monoisotopic (exact) mass is 293 g/mol. The SMILES string of the molecule is CC(NC(=O)OC(C)(C)C)C(=O)NCc1ccc(N)cc1. The highest BCUT2D eigenvalue weighted by molar-refractivity contribution is 5.85. The summed E-state index contributed by atoms with van der Waals surface area (Å²) in [4.78, 5) is 23.4. The van der Waals surface area contributed by atoms with Gasteiger partial charge in [-0.1, -0.05) is 12.1 Å². The van der Waals surface area contributed by atoms with E-state index in [0.29, 0.717) is 12.2 Å². The predicted molar refractivity (Wildman–Crippen MR) is 81.5 cm³/mol. The van der Waals surface area contributed by atoms with Crippen LogP contribution in [0, 0.1) is 0 Å². The van der Waals surface area contributed by atoms with E-state index in [1.54, 1.807) is 39.8 Å². The van der Waals surface area contributed by atoms with E-state index in [0.717, 1.165) is 5.56 Å². The Balaban J connectivity index is 2.40. The molecule has 6 nitrogen and oxygen atoms in total. The summed E-state index contributed by atoms with van der Waals surface area (Å²) in [6.07, 6.45) is -0.613. The highest BCUT2D eigenvalue weighted by Gasteiger charge is 2.20. The lowest BCUT2D eigenvalue weighted by atomic mass is 10.2. The second-order valence-electron chi connectivity index (χ2n) is 5.83. The number of anilines is 1. The molecule has 116 valence electrons. The van der Waals surface area contributed by atoms with E-state index in [2.05, 4.69) is 10.6 Å². The van der Waals surface area contributed by atoms with Crippen LogP contribution in [0.15, 0.2) is 24.3 Å². The maximum atomic E-state index is 11.9. The molecule has 4 N–H and O–H groups in total. The van der Waals surface area contributed by atoms with E-state index in [9.17, 15) is 9.59 Å². The zero-order valence-electron chi connectivity index (χ0n) is 12.9. The Morgan fingerprint density at radius 2 is 1.81 bits per heavy atom. The number of hydrogen-bond donors (Lipinski definition) is 3. The average molecular weight is 293 g/mol. The van der Waals surface area contributed by atoms with Crippen LogP contribution in [0.4, 0.5) is 10.5 Å². The molecule has 1 unspecified atom stereocenters. The van der Waals surface area contributed by atoms with Crippen molar-refractivity contribution in [2.45, 2.75) is 45.9 Å². The van der Waals surface area contributed by atoms with Gasteiger partial charge in [-0.25, -0.2) is 4.79 Å². The van der Waals surface area contributed by atoms with Gasteiger partial charge in [-0.3, -0.25) is 4.79 Å². The van der Waals surface area contributed by atoms with Gasteiger partial charge in [0.1, 0.15) is 11.6 Å². The molecule has 6 heteroatoms. The lowest BCUT2D eigenvalue weighted by Crippen LogP contribution is -2.46. The fourth-order valence-corrected chi connectivity index (χ4v) is 1.53. The molecule has 0 aliphatic carbocycles. The Bertz CT molecular complexity index is 492. The molecule has 1 atom stereocenters. The molecule has 0 aliphatic heterocycles. The number of nitrogens with two attached hydrogens (primary N) is 1. The first-order valence-electron chi connectivity index (χ1n) is 6.79. The number of nitrogen functional groups attached to an aromatic ring is 1. The summed E-state index contributed by atoms with van der Waals surface area (Å²) >= 11 is 0. The van der Waals surface area contributed by atoms with Crippen molar-refractivity contribution in [3.05, 3.63) is 29.8 Å². The number of hydrogen-bond acceptors (Lipinski definition) is 4. The molecule has 0 aromatic heterocycles. The van der Waals surface area contributed by atoms with E-state index < -0.39 is 17.7 Å². The van der Waals surface area contributed by atoms with Crippen molar-refractivity contribution in [3.63, 3.8) is 0 Å². The van der Waals surface area contributed by atoms with E-state index >= 15 is 0 Å². The van der Waals surface area contributed by atoms with E-state index in [4.69, 9.17) is 10.5 Å². The first kappa shape index (κ1) is 16.8. The average Bonchev–Trinajstić information content (AvgIpc) is 2.35. The molecule has 1 aromatic carbocycles. The van der Waals surface area contributed by atoms with Gasteiger partial charge in [-0.15, -0.1) is 0 Å². The third kappa shape index (κ3) is 6.65. The highest BCUT2D eigenvalue weighted by Crippen LogP contribution is 2.07. The van der Waals surface area contributed by atoms with Crippen LogP contribution >= 0.6 is 0 Å². The van der Waals surface area contributed by atoms with Crippen molar-refractivity contribution in [3.8, 4) is 0 Å². The fourth-order valence-electron chi connectivity index (χ4n) is 1.53. The third-order valence-electron chi connectivity index (χ3n) is 2.57. The molecule has 1 aromatic rings. The summed E-state index contributed by atoms with van der Waals surface area (Å²) in [6, 6.07) is 6.53. The minimum Gasteiger partial charge on any atom is -0.444 e. The van der Waals surface area contributed by atoms with Gasteiger partial charge < -0.3 is 21.1 Å². The van der Waals surface area contributed by atoms with Crippen LogP contribution in [0.1, 0.15) is 33.3 Å². The molecular weight excluding hydrogens is 270 g/mol. The summed E-state index contributed by atoms with van der Waals surface area (Å²) in [5.41, 5.74) is 6.60. The summed E-state index contributed by atoms with van der Waals surface area (Å²) in [7, 11) is 0. The molecule has 0 bridgehead atoms. The third-order valence-corrected chi connectivity index (χ3v) is 2.57. The summed E-state index contributed by atoms with van der Waals surface area (Å²) in [5.74, 6) is -0.280. The Labute approximate surface area is 125 Å². The summed E-state index contributed by atoms with van der Waals surface area (Å²) < 4.78 is 5.09. The lowest BCUT2D eigenvalue weighted by Gasteiger charge is -2.21. The molecule has 0 saturated heterocycles. The van der Waals surface area contributed by atoms with Crippen LogP contribution in [-0.4, -0.2) is 23.6 Å². The molecular formula is C15H23N3O3. The van der Waals surface area contributed by atoms with Gasteiger partial charge in [0.25, 0.3) is 0 Å². The van der Waals surface area contributed by atoms with E-state index in [1.165, 1.54) is 0 Å². The number of carbonyl (C=O) groups excluding carboxylic acids is 2. The number of ether oxygens (including phenoxy) is 1. The van der Waals surface area contributed by atoms with Gasteiger partial charge in [0, 0.05) is 12.2 Å². The summed E-state index contributed by atoms with van der Waals surface area (Å²) in [6.45, 7) is 7.26. The Kier molecular flexibility index (Phi) is 5.58. The minimum atomic E-state index is -0.673. The molecule has 0 heterocycles. The van der Waals surface area contributed by atoms with Crippen LogP contribution in [-0.2, 0) is 16.1 Å². The minimum absolute atomic E-state index is 0.280. The maximum Gasteiger partial charge on any atom is 0.408 e. The first-order chi connectivity index (χ1) is 9.67. The van der Waals surface area contributed by atoms with E-state index in [-0.39, 0.29) is 5.91 Å². The van der Waals surface area contributed by atoms with Gasteiger partial charge in [-0.2, -0.15) is 0 Å². The molecule has 2 amide bonds. The van der Waals surface area contributed by atoms with Crippen molar-refractivity contribution in [2.24, 2.45) is 0 Å². The smallest absolute Gasteiger partial charge is 0.408 e. The quantitative estimate of drug-likeness (QED) is 0.738. The van der Waals surface area contributed by atoms with Gasteiger partial charge >= 0.3 is 6.09 Å². The van der Waals surface area contributed by atoms with E-state index in [1.807, 2.05) is 12.1 Å². The van der Waals surface area contributed by atoms with Crippen molar-refractivity contribution < 1.29 is 14.3 Å². The maximum absolute atomic E-state index is 11.9. The molecule has 0 saturated carbocycles. The zero-order chi connectivity index (χ0) is 16.0. The molecule has 0 spiro atoms. The van der Waals surface area contributed by atoms with Crippen molar-refractivity contribution in [1.29, 1.82) is 0 Å². The largest absolute Gasteiger partial charge is 0.444 e. The number of carbonyl (C=O) groups is 2. The highest BCUT2D eigenvalue weighted by atomic mass is 16.6. The second-order valence-corrected chi connectivity index (χ2v) is 5.83. The van der Waals surface area contributed by atoms with Crippen LogP contribution in [0.2, 0.25) is 0 Å². The first-order valence-corrected chi connectivity index (χ1v) is 6.79. The number of alkyl carbamates (subject to hydrolysis) is 1. The number of benzene rings is 1. The number of amides is 2. The van der Waals surface area contributed by atoms with Crippen molar-refractivity contribution in [2.75, 3.05) is 5.73 Å². The Hall–Kier alpha value is -2.24. The normalized spacial score (nSPS) is 12.4. The van der Waals surface area contributed by atoms with Crippen LogP contribution in [0.25, 0.3) is 0 Å². The van der Waals surface area contributed by atoms with Crippen LogP contribution in [0.5, 0.6) is 0 Å². The standard InChI is InChI=1S/C15H23N3O3/c1-10(18-14(20)21-15(2,3)4)13(19)17-9-11-5-7-12(16)8-6-11/h5-8,10H,9,16H2,1-4H3,(H,17,19)(H,18,20). The molecule has 21 heavy (non-hydrogen) atoms. The fraction of sp³-hybridized carbons (Fsp3) is 0.467. The Morgan fingerprint density at radius 1 is 1.24 bits per heavy atom. The molecule has 0 aliphatic rings. The molecule has 0 fully saturated rings. The van der Waals surface area contributed by atoms with Gasteiger partial charge in [0.05, 0.1) is 0 Å². The van der Waals surface area contributed by atoms with Crippen molar-refractivity contribution in [1.82, 2.24) is 10.6 Å². The van der Waals surface area contributed by atoms with Crippen molar-refractivity contribution >= 4 is 17.7 Å². The summed E-state index contributed by atoms with van der Waals surface area (Å²) in [5, 5.41) is 5.22. The Morgan fingerprint density at radius 3 is 2.33 bits per heavy atom. The topological polar surface area (TPSA) is 93.4 Å². The van der Waals surface area contributed by atoms with Crippen LogP contribution < -0.4 is 16.4 Å². The lowest BCUT2D eigenvalue weighted by molar-refractivity contribution is -0.122. The second kappa shape index (κ2) is 6.97. The predicted octanol–water partition coefficient (Wildman–Crippen LogP) is 1.80. The van der Waals surface area contributed by atoms with Gasteiger partial charge in [-0.05, 0) is 45.4 Å². The van der Waals surface area contributed by atoms with Crippen LogP contribution in [0.3, 0.4) is 0 Å². The van der Waals surface area contributed by atoms with Gasteiger partial charge in [0.2, 0.25) is 5.91 Å².